The Kier molecular flexibility index (Phi) is 4.16. The molecule has 1 amide bonds. The molecule has 1 saturated heterocycles. The van der Waals surface area contributed by atoms with E-state index in [1.54, 1.807) is 0 Å². The minimum absolute atomic E-state index is 0.194. The zero-order valence-corrected chi connectivity index (χ0v) is 13.0. The number of amides is 1. The summed E-state index contributed by atoms with van der Waals surface area (Å²) in [5, 5.41) is 2.40. The normalized spacial score (nSPS) is 21.9. The van der Waals surface area contributed by atoms with E-state index in [9.17, 15) is 4.79 Å². The SMILES string of the molecule is CC1CCN(C(=O)Cc2ccc3ccccc3c2)C1CCl. The van der Waals surface area contributed by atoms with Crippen LogP contribution in [0.4, 0.5) is 0 Å². The summed E-state index contributed by atoms with van der Waals surface area (Å²) in [7, 11) is 0. The Morgan fingerprint density at radius 1 is 1.24 bits per heavy atom. The fraction of sp³-hybridized carbons (Fsp3) is 0.389. The van der Waals surface area contributed by atoms with Crippen LogP contribution in [0.25, 0.3) is 10.8 Å². The third kappa shape index (κ3) is 2.91. The van der Waals surface area contributed by atoms with Crippen molar-refractivity contribution >= 4 is 28.3 Å². The maximum Gasteiger partial charge on any atom is 0.227 e. The summed E-state index contributed by atoms with van der Waals surface area (Å²) in [6, 6.07) is 14.7. The van der Waals surface area contributed by atoms with Crippen molar-refractivity contribution in [1.29, 1.82) is 0 Å². The smallest absolute Gasteiger partial charge is 0.227 e. The summed E-state index contributed by atoms with van der Waals surface area (Å²) < 4.78 is 0. The number of benzene rings is 2. The minimum atomic E-state index is 0.194. The molecule has 2 aromatic rings. The van der Waals surface area contributed by atoms with Crippen molar-refractivity contribution in [3.63, 3.8) is 0 Å². The van der Waals surface area contributed by atoms with Gasteiger partial charge in [0.1, 0.15) is 0 Å². The number of hydrogen-bond donors (Lipinski definition) is 0. The van der Waals surface area contributed by atoms with E-state index in [-0.39, 0.29) is 11.9 Å². The van der Waals surface area contributed by atoms with Gasteiger partial charge in [0.2, 0.25) is 5.91 Å². The number of alkyl halides is 1. The van der Waals surface area contributed by atoms with Crippen molar-refractivity contribution in [2.75, 3.05) is 12.4 Å². The molecule has 2 nitrogen and oxygen atoms in total. The lowest BCUT2D eigenvalue weighted by atomic mass is 10.0. The molecule has 1 aliphatic rings. The third-order valence-corrected chi connectivity index (χ3v) is 4.85. The Morgan fingerprint density at radius 3 is 2.76 bits per heavy atom. The van der Waals surface area contributed by atoms with Crippen LogP contribution < -0.4 is 0 Å². The second-order valence-corrected chi connectivity index (χ2v) is 6.24. The molecule has 3 rings (SSSR count). The lowest BCUT2D eigenvalue weighted by Gasteiger charge is -2.25. The van der Waals surface area contributed by atoms with Crippen LogP contribution in [-0.2, 0) is 11.2 Å². The number of hydrogen-bond acceptors (Lipinski definition) is 1. The maximum atomic E-state index is 12.5. The van der Waals surface area contributed by atoms with E-state index < -0.39 is 0 Å². The molecule has 0 aromatic heterocycles. The van der Waals surface area contributed by atoms with Crippen LogP contribution in [0.1, 0.15) is 18.9 Å². The maximum absolute atomic E-state index is 12.5. The Bertz CT molecular complexity index is 654. The van der Waals surface area contributed by atoms with Gasteiger partial charge in [-0.1, -0.05) is 49.4 Å². The highest BCUT2D eigenvalue weighted by Gasteiger charge is 2.33. The van der Waals surface area contributed by atoms with Crippen molar-refractivity contribution in [2.24, 2.45) is 5.92 Å². The number of halogens is 1. The Labute approximate surface area is 130 Å². The summed E-state index contributed by atoms with van der Waals surface area (Å²) >= 11 is 6.03. The van der Waals surface area contributed by atoms with Gasteiger partial charge in [0, 0.05) is 18.5 Å². The first kappa shape index (κ1) is 14.4. The molecule has 1 heterocycles. The van der Waals surface area contributed by atoms with Crippen LogP contribution in [-0.4, -0.2) is 29.3 Å². The molecule has 0 radical (unpaired) electrons. The summed E-state index contributed by atoms with van der Waals surface area (Å²) in [4.78, 5) is 14.5. The highest BCUT2D eigenvalue weighted by Crippen LogP contribution is 2.26. The summed E-state index contributed by atoms with van der Waals surface area (Å²) in [5.74, 6) is 1.23. The highest BCUT2D eigenvalue weighted by molar-refractivity contribution is 6.18. The van der Waals surface area contributed by atoms with Gasteiger partial charge in [-0.3, -0.25) is 4.79 Å². The van der Waals surface area contributed by atoms with E-state index >= 15 is 0 Å². The van der Waals surface area contributed by atoms with Crippen LogP contribution in [0.3, 0.4) is 0 Å². The molecule has 0 spiro atoms. The molecular weight excluding hydrogens is 282 g/mol. The second-order valence-electron chi connectivity index (χ2n) is 5.93. The zero-order chi connectivity index (χ0) is 14.8. The lowest BCUT2D eigenvalue weighted by Crippen LogP contribution is -2.39. The van der Waals surface area contributed by atoms with Crippen LogP contribution in [0, 0.1) is 5.92 Å². The number of fused-ring (bicyclic) bond motifs is 1. The topological polar surface area (TPSA) is 20.3 Å². The molecule has 2 atom stereocenters. The monoisotopic (exact) mass is 301 g/mol. The predicted octanol–water partition coefficient (Wildman–Crippen LogP) is 3.86. The number of rotatable bonds is 3. The molecular formula is C18H20ClNO. The first-order valence-corrected chi connectivity index (χ1v) is 8.05. The average Bonchev–Trinajstić information content (AvgIpc) is 2.88. The summed E-state index contributed by atoms with van der Waals surface area (Å²) in [6.45, 7) is 3.02. The van der Waals surface area contributed by atoms with E-state index in [0.29, 0.717) is 18.2 Å². The van der Waals surface area contributed by atoms with E-state index in [4.69, 9.17) is 11.6 Å². The van der Waals surface area contributed by atoms with Crippen molar-refractivity contribution in [1.82, 2.24) is 4.90 Å². The quantitative estimate of drug-likeness (QED) is 0.788. The minimum Gasteiger partial charge on any atom is -0.338 e. The Morgan fingerprint density at radius 2 is 2.00 bits per heavy atom. The molecule has 1 aliphatic heterocycles. The molecule has 21 heavy (non-hydrogen) atoms. The Balaban J connectivity index is 1.77. The molecule has 0 saturated carbocycles. The van der Waals surface area contributed by atoms with Crippen LogP contribution >= 0.6 is 11.6 Å². The number of carbonyl (C=O) groups is 1. The van der Waals surface area contributed by atoms with Gasteiger partial charge >= 0.3 is 0 Å². The standard InChI is InChI=1S/C18H20ClNO/c1-13-8-9-20(17(13)12-19)18(21)11-14-6-7-15-4-2-3-5-16(15)10-14/h2-7,10,13,17H,8-9,11-12H2,1H3. The third-order valence-electron chi connectivity index (χ3n) is 4.53. The van der Waals surface area contributed by atoms with Gasteiger partial charge in [0.05, 0.1) is 6.42 Å². The zero-order valence-electron chi connectivity index (χ0n) is 12.3. The van der Waals surface area contributed by atoms with E-state index in [2.05, 4.69) is 37.3 Å². The fourth-order valence-electron chi connectivity index (χ4n) is 3.18. The first-order chi connectivity index (χ1) is 10.2. The molecule has 1 fully saturated rings. The van der Waals surface area contributed by atoms with E-state index in [0.717, 1.165) is 18.5 Å². The molecule has 0 bridgehead atoms. The predicted molar refractivity (Wildman–Crippen MR) is 87.7 cm³/mol. The van der Waals surface area contributed by atoms with Crippen molar-refractivity contribution in [3.05, 3.63) is 48.0 Å². The van der Waals surface area contributed by atoms with Gasteiger partial charge in [0.25, 0.3) is 0 Å². The van der Waals surface area contributed by atoms with Gasteiger partial charge in [0.15, 0.2) is 0 Å². The number of likely N-dealkylation sites (tertiary alicyclic amines) is 1. The molecule has 0 aliphatic carbocycles. The largest absolute Gasteiger partial charge is 0.338 e. The van der Waals surface area contributed by atoms with Gasteiger partial charge in [-0.2, -0.15) is 0 Å². The van der Waals surface area contributed by atoms with Crippen LogP contribution in [0.15, 0.2) is 42.5 Å². The van der Waals surface area contributed by atoms with Gasteiger partial charge in [-0.25, -0.2) is 0 Å². The lowest BCUT2D eigenvalue weighted by molar-refractivity contribution is -0.131. The van der Waals surface area contributed by atoms with Gasteiger partial charge in [-0.05, 0) is 28.7 Å². The van der Waals surface area contributed by atoms with Crippen molar-refractivity contribution < 1.29 is 4.79 Å². The first-order valence-electron chi connectivity index (χ1n) is 7.52. The van der Waals surface area contributed by atoms with Crippen LogP contribution in [0.5, 0.6) is 0 Å². The number of nitrogens with zero attached hydrogens (tertiary/aromatic N) is 1. The molecule has 2 unspecified atom stereocenters. The summed E-state index contributed by atoms with van der Waals surface area (Å²) in [5.41, 5.74) is 1.08. The Hall–Kier alpha value is -1.54. The van der Waals surface area contributed by atoms with E-state index in [1.165, 1.54) is 10.8 Å². The molecule has 0 N–H and O–H groups in total. The van der Waals surface area contributed by atoms with Crippen LogP contribution in [0.2, 0.25) is 0 Å². The summed E-state index contributed by atoms with van der Waals surface area (Å²) in [6.07, 6.45) is 1.52. The average molecular weight is 302 g/mol. The van der Waals surface area contributed by atoms with Gasteiger partial charge < -0.3 is 4.90 Å². The van der Waals surface area contributed by atoms with E-state index in [1.807, 2.05) is 17.0 Å². The van der Waals surface area contributed by atoms with Crippen molar-refractivity contribution in [3.8, 4) is 0 Å². The molecule has 3 heteroatoms. The molecule has 110 valence electrons. The molecule has 2 aromatic carbocycles. The fourth-order valence-corrected chi connectivity index (χ4v) is 3.65. The second kappa shape index (κ2) is 6.07. The highest BCUT2D eigenvalue weighted by atomic mass is 35.5. The van der Waals surface area contributed by atoms with Crippen molar-refractivity contribution in [2.45, 2.75) is 25.8 Å². The van der Waals surface area contributed by atoms with Gasteiger partial charge in [-0.15, -0.1) is 11.6 Å². The number of carbonyl (C=O) groups excluding carboxylic acids is 1.